The number of urea groups is 1. The molecule has 0 aromatic heterocycles. The summed E-state index contributed by atoms with van der Waals surface area (Å²) >= 11 is 0. The van der Waals surface area contributed by atoms with Crippen LogP contribution in [0.15, 0.2) is 0 Å². The number of carbonyl (C=O) groups excluding carboxylic acids is 3. The number of hydrogen-bond donors (Lipinski definition) is 1. The Labute approximate surface area is 166 Å². The Morgan fingerprint density at radius 1 is 1.00 bits per heavy atom. The van der Waals surface area contributed by atoms with Crippen molar-refractivity contribution in [1.82, 2.24) is 20.0 Å². The van der Waals surface area contributed by atoms with E-state index in [1.54, 1.807) is 4.90 Å². The second-order valence-electron chi connectivity index (χ2n) is 9.58. The summed E-state index contributed by atoms with van der Waals surface area (Å²) in [6.45, 7) is 8.17. The lowest BCUT2D eigenvalue weighted by Crippen LogP contribution is -2.56. The lowest BCUT2D eigenvalue weighted by atomic mass is 9.95. The maximum atomic E-state index is 12.7. The minimum absolute atomic E-state index is 0.0211. The molecule has 1 aliphatic carbocycles. The third-order valence-corrected chi connectivity index (χ3v) is 6.22. The highest BCUT2D eigenvalue weighted by Crippen LogP contribution is 2.34. The van der Waals surface area contributed by atoms with Crippen molar-refractivity contribution in [2.75, 3.05) is 26.2 Å². The molecule has 0 spiro atoms. The van der Waals surface area contributed by atoms with Gasteiger partial charge in [0.15, 0.2) is 0 Å². The number of rotatable bonds is 2. The maximum absolute atomic E-state index is 12.7. The second kappa shape index (κ2) is 7.12. The molecule has 4 fully saturated rings. The smallest absolute Gasteiger partial charge is 0.410 e. The number of nitrogens with one attached hydrogen (secondary N) is 1. The van der Waals surface area contributed by atoms with E-state index in [1.165, 1.54) is 0 Å². The lowest BCUT2D eigenvalue weighted by molar-refractivity contribution is -0.134. The van der Waals surface area contributed by atoms with Crippen LogP contribution in [0, 0.1) is 5.92 Å². The SMILES string of the molecule is CC(C)(C)OC(=O)N1CCC(N2C(=O)NC3CN(C(=O)C4CC4)CCC32)CC1. The van der Waals surface area contributed by atoms with Crippen LogP contribution in [-0.2, 0) is 9.53 Å². The zero-order valence-electron chi connectivity index (χ0n) is 17.1. The molecular weight excluding hydrogens is 360 g/mol. The van der Waals surface area contributed by atoms with Crippen molar-refractivity contribution in [2.24, 2.45) is 5.92 Å². The highest BCUT2D eigenvalue weighted by atomic mass is 16.6. The van der Waals surface area contributed by atoms with Gasteiger partial charge in [0.1, 0.15) is 5.60 Å². The molecule has 4 rings (SSSR count). The van der Waals surface area contributed by atoms with Crippen LogP contribution in [0.4, 0.5) is 9.59 Å². The number of carbonyl (C=O) groups is 3. The Balaban J connectivity index is 1.32. The molecule has 3 heterocycles. The van der Waals surface area contributed by atoms with Gasteiger partial charge in [-0.3, -0.25) is 4.79 Å². The van der Waals surface area contributed by atoms with Gasteiger partial charge < -0.3 is 24.8 Å². The first-order valence-corrected chi connectivity index (χ1v) is 10.6. The summed E-state index contributed by atoms with van der Waals surface area (Å²) in [5.74, 6) is 0.485. The molecule has 8 nitrogen and oxygen atoms in total. The molecule has 0 radical (unpaired) electrons. The molecule has 156 valence electrons. The number of ether oxygens (including phenoxy) is 1. The summed E-state index contributed by atoms with van der Waals surface area (Å²) in [4.78, 5) is 43.0. The fourth-order valence-corrected chi connectivity index (χ4v) is 4.68. The van der Waals surface area contributed by atoms with Gasteiger partial charge in [0.25, 0.3) is 0 Å². The van der Waals surface area contributed by atoms with Crippen LogP contribution in [0.2, 0.25) is 0 Å². The normalized spacial score (nSPS) is 28.8. The van der Waals surface area contributed by atoms with E-state index in [-0.39, 0.29) is 42.1 Å². The topological polar surface area (TPSA) is 82.2 Å². The first kappa shape index (κ1) is 19.3. The predicted molar refractivity (Wildman–Crippen MR) is 103 cm³/mol. The Bertz CT molecular complexity index is 649. The summed E-state index contributed by atoms with van der Waals surface area (Å²) in [7, 11) is 0. The van der Waals surface area contributed by atoms with Gasteiger partial charge in [-0.15, -0.1) is 0 Å². The summed E-state index contributed by atoms with van der Waals surface area (Å²) in [6.07, 6.45) is 4.10. The average Bonchev–Trinajstić information content (AvgIpc) is 3.42. The standard InChI is InChI=1S/C20H32N4O4/c1-20(2,3)28-19(27)22-9-6-14(7-10-22)24-16-8-11-23(17(25)13-4-5-13)12-15(16)21-18(24)26/h13-16H,4-12H2,1-3H3,(H,21,26). The van der Waals surface area contributed by atoms with Crippen LogP contribution in [0.1, 0.15) is 52.9 Å². The summed E-state index contributed by atoms with van der Waals surface area (Å²) < 4.78 is 5.46. The largest absolute Gasteiger partial charge is 0.444 e. The van der Waals surface area contributed by atoms with Crippen molar-refractivity contribution in [3.05, 3.63) is 0 Å². The number of likely N-dealkylation sites (tertiary alicyclic amines) is 2. The average molecular weight is 393 g/mol. The quantitative estimate of drug-likeness (QED) is 0.777. The third-order valence-electron chi connectivity index (χ3n) is 6.22. The van der Waals surface area contributed by atoms with Gasteiger partial charge in [-0.1, -0.05) is 0 Å². The third kappa shape index (κ3) is 3.91. The Morgan fingerprint density at radius 2 is 1.64 bits per heavy atom. The van der Waals surface area contributed by atoms with Gasteiger partial charge in [-0.05, 0) is 52.9 Å². The molecule has 8 heteroatoms. The fourth-order valence-electron chi connectivity index (χ4n) is 4.68. The van der Waals surface area contributed by atoms with E-state index < -0.39 is 5.60 Å². The number of piperidine rings is 2. The van der Waals surface area contributed by atoms with Crippen molar-refractivity contribution in [1.29, 1.82) is 0 Å². The second-order valence-corrected chi connectivity index (χ2v) is 9.58. The lowest BCUT2D eigenvalue weighted by Gasteiger charge is -2.42. The van der Waals surface area contributed by atoms with Crippen molar-refractivity contribution in [2.45, 2.75) is 76.6 Å². The van der Waals surface area contributed by atoms with Crippen LogP contribution in [0.3, 0.4) is 0 Å². The van der Waals surface area contributed by atoms with Gasteiger partial charge in [-0.25, -0.2) is 9.59 Å². The van der Waals surface area contributed by atoms with E-state index in [9.17, 15) is 14.4 Å². The fraction of sp³-hybridized carbons (Fsp3) is 0.850. The minimum Gasteiger partial charge on any atom is -0.444 e. The maximum Gasteiger partial charge on any atom is 0.410 e. The van der Waals surface area contributed by atoms with Crippen LogP contribution >= 0.6 is 0 Å². The summed E-state index contributed by atoms with van der Waals surface area (Å²) in [6, 6.07) is 0.285. The van der Waals surface area contributed by atoms with Crippen LogP contribution in [-0.4, -0.2) is 82.6 Å². The Kier molecular flexibility index (Phi) is 4.91. The molecule has 3 saturated heterocycles. The zero-order chi connectivity index (χ0) is 20.1. The summed E-state index contributed by atoms with van der Waals surface area (Å²) in [5.41, 5.74) is -0.498. The first-order chi connectivity index (χ1) is 13.2. The van der Waals surface area contributed by atoms with Crippen molar-refractivity contribution in [3.8, 4) is 0 Å². The van der Waals surface area contributed by atoms with E-state index >= 15 is 0 Å². The molecule has 1 saturated carbocycles. The van der Waals surface area contributed by atoms with Gasteiger partial charge in [-0.2, -0.15) is 0 Å². The molecular formula is C20H32N4O4. The van der Waals surface area contributed by atoms with Gasteiger partial charge in [0.05, 0.1) is 12.1 Å². The number of hydrogen-bond acceptors (Lipinski definition) is 4. The molecule has 28 heavy (non-hydrogen) atoms. The number of fused-ring (bicyclic) bond motifs is 1. The van der Waals surface area contributed by atoms with E-state index in [2.05, 4.69) is 5.32 Å². The van der Waals surface area contributed by atoms with Crippen molar-refractivity contribution in [3.63, 3.8) is 0 Å². The first-order valence-electron chi connectivity index (χ1n) is 10.6. The molecule has 0 aromatic rings. The van der Waals surface area contributed by atoms with Gasteiger partial charge in [0.2, 0.25) is 5.91 Å². The highest BCUT2D eigenvalue weighted by molar-refractivity contribution is 5.82. The zero-order valence-corrected chi connectivity index (χ0v) is 17.1. The van der Waals surface area contributed by atoms with E-state index in [0.29, 0.717) is 19.6 Å². The Hall–Kier alpha value is -1.99. The van der Waals surface area contributed by atoms with Gasteiger partial charge in [0, 0.05) is 38.1 Å². The van der Waals surface area contributed by atoms with E-state index in [0.717, 1.165) is 38.6 Å². The predicted octanol–water partition coefficient (Wildman–Crippen LogP) is 1.79. The van der Waals surface area contributed by atoms with Crippen LogP contribution < -0.4 is 5.32 Å². The highest BCUT2D eigenvalue weighted by Gasteiger charge is 2.48. The monoisotopic (exact) mass is 392 g/mol. The molecule has 2 unspecified atom stereocenters. The molecule has 0 bridgehead atoms. The van der Waals surface area contributed by atoms with Crippen LogP contribution in [0.25, 0.3) is 0 Å². The van der Waals surface area contributed by atoms with Crippen LogP contribution in [0.5, 0.6) is 0 Å². The number of nitrogens with zero attached hydrogens (tertiary/aromatic N) is 3. The molecule has 2 atom stereocenters. The molecule has 4 aliphatic rings. The van der Waals surface area contributed by atoms with E-state index in [4.69, 9.17) is 4.74 Å². The summed E-state index contributed by atoms with van der Waals surface area (Å²) in [5, 5.41) is 3.10. The minimum atomic E-state index is -0.498. The van der Waals surface area contributed by atoms with E-state index in [1.807, 2.05) is 30.6 Å². The molecule has 1 N–H and O–H groups in total. The van der Waals surface area contributed by atoms with Crippen molar-refractivity contribution < 1.29 is 19.1 Å². The molecule has 3 aliphatic heterocycles. The molecule has 4 amide bonds. The number of amides is 4. The van der Waals surface area contributed by atoms with Gasteiger partial charge >= 0.3 is 12.1 Å². The van der Waals surface area contributed by atoms with Crippen molar-refractivity contribution >= 4 is 18.0 Å². The Morgan fingerprint density at radius 3 is 2.25 bits per heavy atom. The molecule has 0 aromatic carbocycles.